The summed E-state index contributed by atoms with van der Waals surface area (Å²) in [5, 5.41) is 9.33. The third-order valence-corrected chi connectivity index (χ3v) is 4.68. The van der Waals surface area contributed by atoms with Crippen LogP contribution in [0, 0.1) is 0 Å². The van der Waals surface area contributed by atoms with Crippen molar-refractivity contribution in [3.63, 3.8) is 0 Å². The summed E-state index contributed by atoms with van der Waals surface area (Å²) in [6.45, 7) is 3.74. The van der Waals surface area contributed by atoms with Crippen molar-refractivity contribution >= 4 is 7.60 Å². The third kappa shape index (κ3) is 6.80. The lowest BCUT2D eigenvalue weighted by Crippen LogP contribution is -2.30. The van der Waals surface area contributed by atoms with E-state index in [1.165, 1.54) is 16.8 Å². The van der Waals surface area contributed by atoms with E-state index in [0.29, 0.717) is 6.42 Å². The Morgan fingerprint density at radius 3 is 2.48 bits per heavy atom. The molecule has 2 N–H and O–H groups in total. The Balaban J connectivity index is 2.58. The SMILES string of the molecule is CCOP(=O)(CO[C@@H](CO)CCn1ccc(=O)[nH]c1=O)OCC. The molecule has 0 amide bonds. The van der Waals surface area contributed by atoms with Crippen LogP contribution in [0.5, 0.6) is 0 Å². The lowest BCUT2D eigenvalue weighted by Gasteiger charge is -2.21. The summed E-state index contributed by atoms with van der Waals surface area (Å²) in [4.78, 5) is 24.7. The van der Waals surface area contributed by atoms with E-state index in [0.717, 1.165) is 0 Å². The summed E-state index contributed by atoms with van der Waals surface area (Å²) in [5.74, 6) is 0. The zero-order chi connectivity index (χ0) is 17.3. The van der Waals surface area contributed by atoms with Gasteiger partial charge in [0, 0.05) is 18.8 Å². The smallest absolute Gasteiger partial charge is 0.356 e. The van der Waals surface area contributed by atoms with Crippen LogP contribution >= 0.6 is 7.60 Å². The molecule has 0 radical (unpaired) electrons. The zero-order valence-corrected chi connectivity index (χ0v) is 14.2. The van der Waals surface area contributed by atoms with Gasteiger partial charge in [-0.05, 0) is 20.3 Å². The fourth-order valence-corrected chi connectivity index (χ4v) is 3.24. The molecule has 0 bridgehead atoms. The van der Waals surface area contributed by atoms with Crippen molar-refractivity contribution in [2.45, 2.75) is 32.9 Å². The first-order valence-electron chi connectivity index (χ1n) is 7.34. The van der Waals surface area contributed by atoms with Crippen molar-refractivity contribution in [3.8, 4) is 0 Å². The molecule has 0 aromatic carbocycles. The second-order valence-electron chi connectivity index (χ2n) is 4.64. The van der Waals surface area contributed by atoms with Gasteiger partial charge in [-0.1, -0.05) is 0 Å². The van der Waals surface area contributed by atoms with E-state index >= 15 is 0 Å². The topological polar surface area (TPSA) is 120 Å². The number of nitrogens with zero attached hydrogens (tertiary/aromatic N) is 1. The fourth-order valence-electron chi connectivity index (χ4n) is 1.83. The van der Waals surface area contributed by atoms with E-state index in [-0.39, 0.29) is 32.7 Å². The molecule has 1 aromatic rings. The summed E-state index contributed by atoms with van der Waals surface area (Å²) in [6.07, 6.45) is 0.741. The molecule has 0 aliphatic heterocycles. The van der Waals surface area contributed by atoms with Crippen LogP contribution in [-0.2, 0) is 24.9 Å². The van der Waals surface area contributed by atoms with E-state index in [2.05, 4.69) is 4.98 Å². The maximum atomic E-state index is 12.3. The van der Waals surface area contributed by atoms with Gasteiger partial charge in [-0.15, -0.1) is 0 Å². The van der Waals surface area contributed by atoms with Gasteiger partial charge in [0.15, 0.2) is 0 Å². The van der Waals surface area contributed by atoms with Crippen LogP contribution in [0.15, 0.2) is 21.9 Å². The van der Waals surface area contributed by atoms with Crippen molar-refractivity contribution in [2.75, 3.05) is 26.2 Å². The van der Waals surface area contributed by atoms with Gasteiger partial charge in [-0.3, -0.25) is 14.3 Å². The second kappa shape index (κ2) is 9.79. The minimum Gasteiger partial charge on any atom is -0.394 e. The molecule has 10 heteroatoms. The van der Waals surface area contributed by atoms with Crippen LogP contribution in [0.25, 0.3) is 0 Å². The number of aliphatic hydroxyl groups excluding tert-OH is 1. The molecule has 1 aromatic heterocycles. The number of H-pyrrole nitrogens is 1. The average molecular weight is 350 g/mol. The quantitative estimate of drug-likeness (QED) is 0.559. The highest BCUT2D eigenvalue weighted by Crippen LogP contribution is 2.48. The maximum absolute atomic E-state index is 12.3. The molecule has 0 saturated heterocycles. The molecule has 0 fully saturated rings. The number of ether oxygens (including phenoxy) is 1. The predicted molar refractivity (Wildman–Crippen MR) is 83.6 cm³/mol. The lowest BCUT2D eigenvalue weighted by molar-refractivity contribution is 0.0181. The first-order chi connectivity index (χ1) is 10.9. The van der Waals surface area contributed by atoms with E-state index in [1.807, 2.05) is 0 Å². The van der Waals surface area contributed by atoms with E-state index in [4.69, 9.17) is 13.8 Å². The first-order valence-corrected chi connectivity index (χ1v) is 9.07. The monoisotopic (exact) mass is 350 g/mol. The number of aryl methyl sites for hydroxylation is 1. The first kappa shape index (κ1) is 19.8. The van der Waals surface area contributed by atoms with Crippen molar-refractivity contribution in [2.24, 2.45) is 0 Å². The van der Waals surface area contributed by atoms with Crippen LogP contribution < -0.4 is 11.2 Å². The molecule has 0 saturated carbocycles. The minimum atomic E-state index is -3.35. The molecule has 1 rings (SSSR count). The predicted octanol–water partition coefficient (Wildman–Crippen LogP) is 0.528. The van der Waals surface area contributed by atoms with Gasteiger partial charge >= 0.3 is 13.3 Å². The second-order valence-corrected chi connectivity index (χ2v) is 6.64. The Morgan fingerprint density at radius 2 is 1.96 bits per heavy atom. The van der Waals surface area contributed by atoms with Crippen LogP contribution in [0.4, 0.5) is 0 Å². The van der Waals surface area contributed by atoms with Gasteiger partial charge in [0.2, 0.25) is 0 Å². The lowest BCUT2D eigenvalue weighted by atomic mass is 10.2. The van der Waals surface area contributed by atoms with Gasteiger partial charge < -0.3 is 23.5 Å². The molecule has 9 nitrogen and oxygen atoms in total. The summed E-state index contributed by atoms with van der Waals surface area (Å²) in [5.41, 5.74) is -1.01. The van der Waals surface area contributed by atoms with Crippen LogP contribution in [-0.4, -0.2) is 46.9 Å². The van der Waals surface area contributed by atoms with E-state index in [1.54, 1.807) is 13.8 Å². The molecule has 0 aliphatic rings. The highest BCUT2D eigenvalue weighted by atomic mass is 31.2. The molecule has 0 spiro atoms. The number of hydrogen-bond acceptors (Lipinski definition) is 7. The number of nitrogens with one attached hydrogen (secondary N) is 1. The Labute approximate surface area is 133 Å². The Kier molecular flexibility index (Phi) is 8.43. The maximum Gasteiger partial charge on any atom is 0.356 e. The number of aliphatic hydroxyl groups is 1. The van der Waals surface area contributed by atoms with Crippen molar-refractivity contribution in [3.05, 3.63) is 33.1 Å². The van der Waals surface area contributed by atoms with Gasteiger partial charge in [-0.25, -0.2) is 4.79 Å². The van der Waals surface area contributed by atoms with Gasteiger partial charge in [0.25, 0.3) is 5.56 Å². The van der Waals surface area contributed by atoms with Crippen molar-refractivity contribution < 1.29 is 23.5 Å². The number of hydrogen-bond donors (Lipinski definition) is 2. The summed E-state index contributed by atoms with van der Waals surface area (Å²) in [7, 11) is -3.35. The fraction of sp³-hybridized carbons (Fsp3) is 0.692. The summed E-state index contributed by atoms with van der Waals surface area (Å²) in [6, 6.07) is 1.23. The van der Waals surface area contributed by atoms with Crippen molar-refractivity contribution in [1.29, 1.82) is 0 Å². The van der Waals surface area contributed by atoms with Gasteiger partial charge in [0.1, 0.15) is 6.35 Å². The number of rotatable bonds is 11. The van der Waals surface area contributed by atoms with Crippen molar-refractivity contribution in [1.82, 2.24) is 9.55 Å². The van der Waals surface area contributed by atoms with Crippen LogP contribution in [0.2, 0.25) is 0 Å². The minimum absolute atomic E-state index is 0.219. The van der Waals surface area contributed by atoms with Crippen LogP contribution in [0.1, 0.15) is 20.3 Å². The van der Waals surface area contributed by atoms with Gasteiger partial charge in [-0.2, -0.15) is 0 Å². The zero-order valence-electron chi connectivity index (χ0n) is 13.3. The molecular weight excluding hydrogens is 327 g/mol. The van der Waals surface area contributed by atoms with E-state index in [9.17, 15) is 19.3 Å². The summed E-state index contributed by atoms with van der Waals surface area (Å²) < 4.78 is 29.1. The molecule has 0 unspecified atom stereocenters. The van der Waals surface area contributed by atoms with Crippen LogP contribution in [0.3, 0.4) is 0 Å². The molecule has 1 atom stereocenters. The third-order valence-electron chi connectivity index (χ3n) is 2.91. The molecule has 1 heterocycles. The Hall–Kier alpha value is -1.25. The molecule has 132 valence electrons. The molecule has 23 heavy (non-hydrogen) atoms. The van der Waals surface area contributed by atoms with Gasteiger partial charge in [0.05, 0.1) is 25.9 Å². The largest absolute Gasteiger partial charge is 0.394 e. The average Bonchev–Trinajstić information content (AvgIpc) is 2.49. The van der Waals surface area contributed by atoms with E-state index < -0.39 is 24.9 Å². The standard InChI is InChI=1S/C13H23N2O7P/c1-3-21-23(19,22-4-2)10-20-11(9-16)5-7-15-8-6-12(17)14-13(15)18/h6,8,11,16H,3-5,7,9-10H2,1-2H3,(H,14,17,18)/t11-/m1/s1. The molecular formula is C13H23N2O7P. The highest BCUT2D eigenvalue weighted by Gasteiger charge is 2.25. The number of aromatic nitrogens is 2. The summed E-state index contributed by atoms with van der Waals surface area (Å²) >= 11 is 0. The normalized spacial score (nSPS) is 13.2. The number of aromatic amines is 1. The Bertz CT molecular complexity index is 617. The molecule has 0 aliphatic carbocycles. The highest BCUT2D eigenvalue weighted by molar-refractivity contribution is 7.53. The Morgan fingerprint density at radius 1 is 1.30 bits per heavy atom.